The highest BCUT2D eigenvalue weighted by molar-refractivity contribution is 5.47. The Hall–Kier alpha value is -1.97. The van der Waals surface area contributed by atoms with Crippen LogP contribution in [0.4, 0.5) is 10.1 Å². The molecule has 0 saturated heterocycles. The van der Waals surface area contributed by atoms with Crippen molar-refractivity contribution in [1.29, 1.82) is 0 Å². The first-order chi connectivity index (χ1) is 8.58. The second-order valence-electron chi connectivity index (χ2n) is 4.36. The number of aromatic nitrogens is 2. The molecule has 94 valence electrons. The molecule has 0 spiro atoms. The third-order valence-electron chi connectivity index (χ3n) is 2.87. The van der Waals surface area contributed by atoms with Crippen LogP contribution in [-0.2, 0) is 0 Å². The zero-order valence-electron chi connectivity index (χ0n) is 10.7. The van der Waals surface area contributed by atoms with Crippen molar-refractivity contribution in [3.63, 3.8) is 0 Å². The van der Waals surface area contributed by atoms with Crippen LogP contribution in [0.1, 0.15) is 29.9 Å². The number of hydrogen-bond acceptors (Lipinski definition) is 3. The van der Waals surface area contributed by atoms with Crippen LogP contribution in [-0.4, -0.2) is 9.97 Å². The monoisotopic (exact) mass is 245 g/mol. The van der Waals surface area contributed by atoms with Crippen LogP contribution in [0.3, 0.4) is 0 Å². The number of anilines is 1. The van der Waals surface area contributed by atoms with Gasteiger partial charge in [-0.1, -0.05) is 0 Å². The molecule has 0 amide bonds. The van der Waals surface area contributed by atoms with Crippen molar-refractivity contribution in [2.24, 2.45) is 0 Å². The van der Waals surface area contributed by atoms with Crippen LogP contribution < -0.4 is 5.32 Å². The second kappa shape index (κ2) is 5.12. The molecule has 0 fully saturated rings. The quantitative estimate of drug-likeness (QED) is 0.900. The molecule has 1 aromatic heterocycles. The van der Waals surface area contributed by atoms with E-state index in [0.29, 0.717) is 5.56 Å². The van der Waals surface area contributed by atoms with Crippen LogP contribution in [0.5, 0.6) is 0 Å². The lowest BCUT2D eigenvalue weighted by atomic mass is 10.1. The van der Waals surface area contributed by atoms with Crippen molar-refractivity contribution >= 4 is 5.69 Å². The molecule has 0 aliphatic heterocycles. The number of benzene rings is 1. The van der Waals surface area contributed by atoms with Gasteiger partial charge in [0.25, 0.3) is 0 Å². The maximum Gasteiger partial charge on any atom is 0.126 e. The van der Waals surface area contributed by atoms with E-state index in [0.717, 1.165) is 17.1 Å². The van der Waals surface area contributed by atoms with Crippen LogP contribution in [0, 0.1) is 19.7 Å². The van der Waals surface area contributed by atoms with Crippen LogP contribution in [0.15, 0.2) is 30.6 Å². The number of aryl methyl sites for hydroxylation is 2. The molecule has 2 rings (SSSR count). The molecule has 1 aromatic carbocycles. The Morgan fingerprint density at radius 2 is 1.89 bits per heavy atom. The summed E-state index contributed by atoms with van der Waals surface area (Å²) in [6, 6.07) is 5.01. The fourth-order valence-corrected chi connectivity index (χ4v) is 1.90. The minimum Gasteiger partial charge on any atom is -0.377 e. The first-order valence-electron chi connectivity index (χ1n) is 5.88. The fraction of sp³-hybridized carbons (Fsp3) is 0.286. The Morgan fingerprint density at radius 3 is 2.56 bits per heavy atom. The van der Waals surface area contributed by atoms with E-state index in [9.17, 15) is 4.39 Å². The van der Waals surface area contributed by atoms with E-state index in [1.807, 2.05) is 13.8 Å². The van der Waals surface area contributed by atoms with Crippen molar-refractivity contribution in [1.82, 2.24) is 9.97 Å². The van der Waals surface area contributed by atoms with Gasteiger partial charge in [-0.25, -0.2) is 4.39 Å². The van der Waals surface area contributed by atoms with E-state index in [-0.39, 0.29) is 11.9 Å². The molecule has 0 saturated carbocycles. The summed E-state index contributed by atoms with van der Waals surface area (Å²) in [6.07, 6.45) is 3.35. The maximum absolute atomic E-state index is 13.2. The minimum absolute atomic E-state index is 0.0311. The highest BCUT2D eigenvalue weighted by Gasteiger charge is 2.10. The Balaban J connectivity index is 2.19. The van der Waals surface area contributed by atoms with Gasteiger partial charge in [-0.05, 0) is 44.5 Å². The summed E-state index contributed by atoms with van der Waals surface area (Å²) in [5.74, 6) is -0.191. The van der Waals surface area contributed by atoms with Gasteiger partial charge >= 0.3 is 0 Å². The van der Waals surface area contributed by atoms with E-state index in [4.69, 9.17) is 0 Å². The van der Waals surface area contributed by atoms with E-state index in [1.165, 1.54) is 6.07 Å². The Bertz CT molecular complexity index is 554. The third kappa shape index (κ3) is 2.64. The lowest BCUT2D eigenvalue weighted by Gasteiger charge is -2.16. The lowest BCUT2D eigenvalue weighted by Crippen LogP contribution is -2.11. The van der Waals surface area contributed by atoms with Gasteiger partial charge in [-0.3, -0.25) is 9.97 Å². The highest BCUT2D eigenvalue weighted by atomic mass is 19.1. The number of nitrogens with zero attached hydrogens (tertiary/aromatic N) is 2. The molecular formula is C14H16FN3. The molecule has 1 atom stereocenters. The van der Waals surface area contributed by atoms with Gasteiger partial charge in [0.1, 0.15) is 5.82 Å². The topological polar surface area (TPSA) is 37.8 Å². The largest absolute Gasteiger partial charge is 0.377 e. The Kier molecular flexibility index (Phi) is 3.55. The van der Waals surface area contributed by atoms with Gasteiger partial charge in [-0.2, -0.15) is 0 Å². The number of halogens is 1. The molecule has 1 N–H and O–H groups in total. The fourth-order valence-electron chi connectivity index (χ4n) is 1.90. The maximum atomic E-state index is 13.2. The molecule has 0 aliphatic carbocycles. The van der Waals surface area contributed by atoms with E-state index >= 15 is 0 Å². The van der Waals surface area contributed by atoms with Crippen LogP contribution in [0.2, 0.25) is 0 Å². The zero-order valence-corrected chi connectivity index (χ0v) is 10.7. The molecule has 3 nitrogen and oxygen atoms in total. The van der Waals surface area contributed by atoms with Gasteiger partial charge in [0.05, 0.1) is 17.4 Å². The molecule has 2 aromatic rings. The molecule has 1 unspecified atom stereocenters. The summed E-state index contributed by atoms with van der Waals surface area (Å²) < 4.78 is 13.2. The van der Waals surface area contributed by atoms with Crippen molar-refractivity contribution in [3.05, 3.63) is 53.4 Å². The standard InChI is InChI=1S/C14H16FN3/c1-9-8-12(4-5-13(9)15)18-11(3)14-10(2)16-6-7-17-14/h4-8,11,18H,1-3H3. The van der Waals surface area contributed by atoms with Crippen molar-refractivity contribution < 1.29 is 4.39 Å². The first kappa shape index (κ1) is 12.5. The van der Waals surface area contributed by atoms with Gasteiger partial charge in [0, 0.05) is 18.1 Å². The SMILES string of the molecule is Cc1cc(NC(C)c2nccnc2C)ccc1F. The number of nitrogens with one attached hydrogen (secondary N) is 1. The summed E-state index contributed by atoms with van der Waals surface area (Å²) in [7, 11) is 0. The normalized spacial score (nSPS) is 12.2. The molecule has 0 radical (unpaired) electrons. The van der Waals surface area contributed by atoms with Gasteiger partial charge in [-0.15, -0.1) is 0 Å². The molecule has 0 aliphatic rings. The van der Waals surface area contributed by atoms with Crippen molar-refractivity contribution in [2.75, 3.05) is 5.32 Å². The van der Waals surface area contributed by atoms with Gasteiger partial charge < -0.3 is 5.32 Å². The van der Waals surface area contributed by atoms with Crippen LogP contribution >= 0.6 is 0 Å². The van der Waals surface area contributed by atoms with E-state index in [1.54, 1.807) is 31.5 Å². The Labute approximate surface area is 106 Å². The molecular weight excluding hydrogens is 229 g/mol. The van der Waals surface area contributed by atoms with Crippen molar-refractivity contribution in [2.45, 2.75) is 26.8 Å². The zero-order chi connectivity index (χ0) is 13.1. The van der Waals surface area contributed by atoms with Crippen molar-refractivity contribution in [3.8, 4) is 0 Å². The van der Waals surface area contributed by atoms with Crippen LogP contribution in [0.25, 0.3) is 0 Å². The summed E-state index contributed by atoms with van der Waals surface area (Å²) in [4.78, 5) is 8.53. The summed E-state index contributed by atoms with van der Waals surface area (Å²) >= 11 is 0. The average molecular weight is 245 g/mol. The van der Waals surface area contributed by atoms with Gasteiger partial charge in [0.2, 0.25) is 0 Å². The predicted molar refractivity (Wildman–Crippen MR) is 69.9 cm³/mol. The number of hydrogen-bond donors (Lipinski definition) is 1. The summed E-state index contributed by atoms with van der Waals surface area (Å²) in [5.41, 5.74) is 3.31. The summed E-state index contributed by atoms with van der Waals surface area (Å²) in [5, 5.41) is 3.30. The molecule has 1 heterocycles. The third-order valence-corrected chi connectivity index (χ3v) is 2.87. The number of rotatable bonds is 3. The Morgan fingerprint density at radius 1 is 1.17 bits per heavy atom. The molecule has 0 bridgehead atoms. The first-order valence-corrected chi connectivity index (χ1v) is 5.88. The highest BCUT2D eigenvalue weighted by Crippen LogP contribution is 2.20. The van der Waals surface area contributed by atoms with E-state index in [2.05, 4.69) is 15.3 Å². The summed E-state index contributed by atoms with van der Waals surface area (Å²) in [6.45, 7) is 5.69. The minimum atomic E-state index is -0.191. The molecule has 4 heteroatoms. The van der Waals surface area contributed by atoms with E-state index < -0.39 is 0 Å². The lowest BCUT2D eigenvalue weighted by molar-refractivity contribution is 0.618. The van der Waals surface area contributed by atoms with Gasteiger partial charge in [0.15, 0.2) is 0 Å². The molecule has 18 heavy (non-hydrogen) atoms. The predicted octanol–water partition coefficient (Wildman–Crippen LogP) is 3.41. The second-order valence-corrected chi connectivity index (χ2v) is 4.36. The average Bonchev–Trinajstić information content (AvgIpc) is 2.34. The smallest absolute Gasteiger partial charge is 0.126 e.